The molecule has 0 aliphatic rings. The number of aliphatic hydroxyl groups is 1. The summed E-state index contributed by atoms with van der Waals surface area (Å²) < 4.78 is 1.80. The molecule has 0 bridgehead atoms. The average Bonchev–Trinajstić information content (AvgIpc) is 2.18. The molecule has 0 unspecified atom stereocenters. The summed E-state index contributed by atoms with van der Waals surface area (Å²) in [6.45, 7) is 11.0. The van der Waals surface area contributed by atoms with E-state index in [4.69, 9.17) is 5.11 Å². The van der Waals surface area contributed by atoms with Crippen LogP contribution in [-0.2, 0) is 18.6 Å². The van der Waals surface area contributed by atoms with Gasteiger partial charge in [-0.15, -0.1) is 0 Å². The Kier molecular flexibility index (Phi) is 4.15. The number of aliphatic hydroxyl groups excluding tert-OH is 1. The fourth-order valence-electron chi connectivity index (χ4n) is 1.95. The highest BCUT2D eigenvalue weighted by atomic mass is 16.3. The molecule has 96 valence electrons. The number of hydrogen-bond acceptors (Lipinski definition) is 2. The van der Waals surface area contributed by atoms with Gasteiger partial charge in [-0.2, -0.15) is 0 Å². The molecule has 0 fully saturated rings. The topological polar surface area (TPSA) is 42.2 Å². The van der Waals surface area contributed by atoms with Crippen molar-refractivity contribution in [2.75, 3.05) is 0 Å². The Hall–Kier alpha value is -1.09. The largest absolute Gasteiger partial charge is 0.391 e. The molecule has 1 rings (SSSR count). The molecular weight excluding hydrogens is 214 g/mol. The van der Waals surface area contributed by atoms with E-state index in [1.807, 2.05) is 6.07 Å². The summed E-state index contributed by atoms with van der Waals surface area (Å²) in [6.07, 6.45) is 0. The summed E-state index contributed by atoms with van der Waals surface area (Å²) in [6, 6.07) is 3.69. The van der Waals surface area contributed by atoms with Gasteiger partial charge in [0.15, 0.2) is 0 Å². The van der Waals surface area contributed by atoms with E-state index in [-0.39, 0.29) is 17.6 Å². The Morgan fingerprint density at radius 1 is 1.29 bits per heavy atom. The van der Waals surface area contributed by atoms with Crippen LogP contribution in [0.15, 0.2) is 16.9 Å². The highest BCUT2D eigenvalue weighted by molar-refractivity contribution is 5.21. The maximum atomic E-state index is 12.2. The minimum atomic E-state index is -0.193. The molecule has 0 saturated carbocycles. The molecule has 1 N–H and O–H groups in total. The Labute approximate surface area is 103 Å². The van der Waals surface area contributed by atoms with E-state index in [2.05, 4.69) is 34.6 Å². The summed E-state index contributed by atoms with van der Waals surface area (Å²) in [5.74, 6) is 0.405. The molecule has 0 amide bonds. The molecule has 0 saturated heterocycles. The van der Waals surface area contributed by atoms with Crippen molar-refractivity contribution in [3.63, 3.8) is 0 Å². The molecule has 17 heavy (non-hydrogen) atoms. The van der Waals surface area contributed by atoms with Crippen LogP contribution in [0.5, 0.6) is 0 Å². The third-order valence-electron chi connectivity index (χ3n) is 2.74. The summed E-state index contributed by atoms with van der Waals surface area (Å²) >= 11 is 0. The smallest absolute Gasteiger partial charge is 0.256 e. The van der Waals surface area contributed by atoms with Crippen molar-refractivity contribution in [2.24, 2.45) is 5.92 Å². The highest BCUT2D eigenvalue weighted by Crippen LogP contribution is 2.21. The number of pyridine rings is 1. The average molecular weight is 237 g/mol. The van der Waals surface area contributed by atoms with Crippen LogP contribution in [0.4, 0.5) is 0 Å². The lowest BCUT2D eigenvalue weighted by Crippen LogP contribution is -2.33. The Bertz CT molecular complexity index is 439. The molecular formula is C14H23NO2. The van der Waals surface area contributed by atoms with E-state index in [1.165, 1.54) is 0 Å². The van der Waals surface area contributed by atoms with Gasteiger partial charge in [-0.1, -0.05) is 34.6 Å². The fraction of sp³-hybridized carbons (Fsp3) is 0.643. The van der Waals surface area contributed by atoms with E-state index in [0.717, 1.165) is 5.69 Å². The van der Waals surface area contributed by atoms with Gasteiger partial charge in [0.05, 0.1) is 6.61 Å². The minimum Gasteiger partial charge on any atom is -0.391 e. The van der Waals surface area contributed by atoms with Crippen LogP contribution in [0.2, 0.25) is 0 Å². The van der Waals surface area contributed by atoms with Crippen molar-refractivity contribution in [3.05, 3.63) is 33.7 Å². The lowest BCUT2D eigenvalue weighted by atomic mass is 9.90. The monoisotopic (exact) mass is 237 g/mol. The first kappa shape index (κ1) is 14.0. The van der Waals surface area contributed by atoms with Gasteiger partial charge in [0.25, 0.3) is 5.56 Å². The van der Waals surface area contributed by atoms with E-state index < -0.39 is 0 Å². The summed E-state index contributed by atoms with van der Waals surface area (Å²) in [5, 5.41) is 9.16. The summed E-state index contributed by atoms with van der Waals surface area (Å²) in [7, 11) is 0. The van der Waals surface area contributed by atoms with E-state index in [9.17, 15) is 4.79 Å². The molecule has 0 aromatic carbocycles. The highest BCUT2D eigenvalue weighted by Gasteiger charge is 2.20. The molecule has 0 spiro atoms. The molecule has 3 heteroatoms. The Morgan fingerprint density at radius 3 is 2.29 bits per heavy atom. The van der Waals surface area contributed by atoms with Crippen LogP contribution in [0.25, 0.3) is 0 Å². The number of nitrogens with zero attached hydrogens (tertiary/aromatic N) is 1. The van der Waals surface area contributed by atoms with Crippen molar-refractivity contribution in [1.29, 1.82) is 0 Å². The molecule has 3 nitrogen and oxygen atoms in total. The van der Waals surface area contributed by atoms with Crippen LogP contribution in [0.3, 0.4) is 0 Å². The Balaban J connectivity index is 3.42. The quantitative estimate of drug-likeness (QED) is 0.876. The van der Waals surface area contributed by atoms with E-state index >= 15 is 0 Å². The van der Waals surface area contributed by atoms with Crippen molar-refractivity contribution >= 4 is 0 Å². The SMILES string of the molecule is CC(C)Cn1c(C(C)(C)C)ccc(CO)c1=O. The normalized spacial score (nSPS) is 12.2. The molecule has 0 aliphatic heterocycles. The molecule has 1 aromatic rings. The van der Waals surface area contributed by atoms with Gasteiger partial charge < -0.3 is 9.67 Å². The van der Waals surface area contributed by atoms with Crippen molar-refractivity contribution < 1.29 is 5.11 Å². The fourth-order valence-corrected chi connectivity index (χ4v) is 1.95. The van der Waals surface area contributed by atoms with Crippen LogP contribution in [0, 0.1) is 5.92 Å². The predicted octanol–water partition coefficient (Wildman–Crippen LogP) is 2.29. The van der Waals surface area contributed by atoms with Gasteiger partial charge in [-0.3, -0.25) is 4.79 Å². The van der Waals surface area contributed by atoms with Crippen LogP contribution in [-0.4, -0.2) is 9.67 Å². The lowest BCUT2D eigenvalue weighted by molar-refractivity contribution is 0.278. The third-order valence-corrected chi connectivity index (χ3v) is 2.74. The molecule has 1 heterocycles. The zero-order valence-corrected chi connectivity index (χ0v) is 11.4. The van der Waals surface area contributed by atoms with Crippen molar-refractivity contribution in [3.8, 4) is 0 Å². The maximum Gasteiger partial charge on any atom is 0.256 e. The number of hydrogen-bond donors (Lipinski definition) is 1. The van der Waals surface area contributed by atoms with Crippen molar-refractivity contribution in [2.45, 2.75) is 53.2 Å². The van der Waals surface area contributed by atoms with Crippen molar-refractivity contribution in [1.82, 2.24) is 4.57 Å². The second-order valence-electron chi connectivity index (χ2n) is 5.96. The number of rotatable bonds is 3. The molecule has 0 atom stereocenters. The van der Waals surface area contributed by atoms with Gasteiger partial charge in [0, 0.05) is 23.2 Å². The van der Waals surface area contributed by atoms with E-state index in [0.29, 0.717) is 18.0 Å². The standard InChI is InChI=1S/C14H23NO2/c1-10(2)8-15-12(14(3,4)5)7-6-11(9-16)13(15)17/h6-7,10,16H,8-9H2,1-5H3. The summed E-state index contributed by atoms with van der Waals surface area (Å²) in [5.41, 5.74) is 1.36. The van der Waals surface area contributed by atoms with Gasteiger partial charge in [0.2, 0.25) is 0 Å². The van der Waals surface area contributed by atoms with Crippen LogP contribution in [0.1, 0.15) is 45.9 Å². The zero-order chi connectivity index (χ0) is 13.2. The second kappa shape index (κ2) is 5.05. The van der Waals surface area contributed by atoms with Gasteiger partial charge in [-0.25, -0.2) is 0 Å². The van der Waals surface area contributed by atoms with Gasteiger partial charge in [-0.05, 0) is 18.1 Å². The van der Waals surface area contributed by atoms with E-state index in [1.54, 1.807) is 10.6 Å². The first-order valence-electron chi connectivity index (χ1n) is 6.11. The van der Waals surface area contributed by atoms with Crippen LogP contribution < -0.4 is 5.56 Å². The minimum absolute atomic E-state index is 0.0615. The van der Waals surface area contributed by atoms with Gasteiger partial charge >= 0.3 is 0 Å². The maximum absolute atomic E-state index is 12.2. The first-order chi connectivity index (χ1) is 7.77. The lowest BCUT2D eigenvalue weighted by Gasteiger charge is -2.25. The third kappa shape index (κ3) is 3.19. The molecule has 0 aliphatic carbocycles. The second-order valence-corrected chi connectivity index (χ2v) is 5.96. The molecule has 0 radical (unpaired) electrons. The van der Waals surface area contributed by atoms with Crippen LogP contribution >= 0.6 is 0 Å². The number of aromatic nitrogens is 1. The van der Waals surface area contributed by atoms with Gasteiger partial charge in [0.1, 0.15) is 0 Å². The molecule has 1 aromatic heterocycles. The Morgan fingerprint density at radius 2 is 1.88 bits per heavy atom. The predicted molar refractivity (Wildman–Crippen MR) is 70.2 cm³/mol. The first-order valence-corrected chi connectivity index (χ1v) is 6.11. The zero-order valence-electron chi connectivity index (χ0n) is 11.4. The summed E-state index contributed by atoms with van der Waals surface area (Å²) in [4.78, 5) is 12.2.